The summed E-state index contributed by atoms with van der Waals surface area (Å²) in [6.45, 7) is 17.6. The van der Waals surface area contributed by atoms with E-state index in [1.54, 1.807) is 11.0 Å². The van der Waals surface area contributed by atoms with E-state index in [0.717, 1.165) is 6.42 Å². The molecule has 1 aliphatic rings. The highest BCUT2D eigenvalue weighted by Gasteiger charge is 2.44. The molecule has 2 unspecified atom stereocenters. The Morgan fingerprint density at radius 2 is 1.79 bits per heavy atom. The number of hydrogen-bond donors (Lipinski definition) is 0. The van der Waals surface area contributed by atoms with Crippen molar-refractivity contribution in [2.24, 2.45) is 0 Å². The van der Waals surface area contributed by atoms with Crippen molar-refractivity contribution in [3.8, 4) is 5.75 Å². The first kappa shape index (κ1) is 24.0. The molecule has 1 heterocycles. The third kappa shape index (κ3) is 6.62. The van der Waals surface area contributed by atoms with Crippen LogP contribution in [-0.2, 0) is 9.16 Å². The number of likely N-dealkylation sites (tertiary alicyclic amines) is 1. The van der Waals surface area contributed by atoms with E-state index in [-0.39, 0.29) is 23.3 Å². The van der Waals surface area contributed by atoms with Crippen LogP contribution in [0.3, 0.4) is 0 Å². The molecule has 1 fully saturated rings. The molecular formula is C22H36ClNO4Si. The van der Waals surface area contributed by atoms with Crippen LogP contribution >= 0.6 is 11.6 Å². The fraction of sp³-hybridized carbons (Fsp3) is 0.682. The lowest BCUT2D eigenvalue weighted by Gasteiger charge is -2.38. The van der Waals surface area contributed by atoms with Crippen LogP contribution in [0.15, 0.2) is 24.3 Å². The zero-order valence-electron chi connectivity index (χ0n) is 19.0. The summed E-state index contributed by atoms with van der Waals surface area (Å²) < 4.78 is 18.2. The number of halogens is 1. The molecule has 1 aliphatic heterocycles. The Hall–Kier alpha value is -1.24. The molecule has 1 aromatic carbocycles. The third-order valence-electron chi connectivity index (χ3n) is 5.54. The van der Waals surface area contributed by atoms with Gasteiger partial charge in [0.25, 0.3) is 0 Å². The number of nitrogens with zero attached hydrogens (tertiary/aromatic N) is 1. The van der Waals surface area contributed by atoms with Gasteiger partial charge in [0.05, 0.1) is 17.2 Å². The molecule has 1 amide bonds. The summed E-state index contributed by atoms with van der Waals surface area (Å²) in [4.78, 5) is 14.6. The molecule has 0 N–H and O–H groups in total. The maximum atomic E-state index is 12.8. The van der Waals surface area contributed by atoms with Crippen LogP contribution in [-0.4, -0.2) is 50.2 Å². The highest BCUT2D eigenvalue weighted by atomic mass is 35.5. The first-order valence-corrected chi connectivity index (χ1v) is 13.5. The molecule has 0 radical (unpaired) electrons. The van der Waals surface area contributed by atoms with Gasteiger partial charge in [-0.05, 0) is 57.5 Å². The monoisotopic (exact) mass is 441 g/mol. The highest BCUT2D eigenvalue weighted by Crippen LogP contribution is 2.39. The lowest BCUT2D eigenvalue weighted by molar-refractivity contribution is 0.0175. The summed E-state index contributed by atoms with van der Waals surface area (Å²) in [5.74, 6) is 0.618. The maximum Gasteiger partial charge on any atom is 0.410 e. The van der Waals surface area contributed by atoms with Crippen molar-refractivity contribution < 1.29 is 18.7 Å². The second kappa shape index (κ2) is 8.86. The molecule has 0 spiro atoms. The molecule has 7 heteroatoms. The summed E-state index contributed by atoms with van der Waals surface area (Å²) in [6.07, 6.45) is 0.366. The highest BCUT2D eigenvalue weighted by molar-refractivity contribution is 6.74. The van der Waals surface area contributed by atoms with Crippen LogP contribution in [0.5, 0.6) is 5.75 Å². The largest absolute Gasteiger partial charge is 0.490 e. The second-order valence-corrected chi connectivity index (χ2v) is 15.4. The molecule has 2 rings (SSSR count). The first-order chi connectivity index (χ1) is 13.2. The van der Waals surface area contributed by atoms with Gasteiger partial charge in [-0.1, -0.05) is 44.5 Å². The topological polar surface area (TPSA) is 48.0 Å². The molecule has 0 bridgehead atoms. The number of benzene rings is 1. The predicted octanol–water partition coefficient (Wildman–Crippen LogP) is 6.12. The van der Waals surface area contributed by atoms with E-state index in [2.05, 4.69) is 33.9 Å². The van der Waals surface area contributed by atoms with E-state index in [1.165, 1.54) is 0 Å². The molecule has 5 nitrogen and oxygen atoms in total. The van der Waals surface area contributed by atoms with Gasteiger partial charge in [-0.25, -0.2) is 4.79 Å². The minimum absolute atomic E-state index is 0.0248. The minimum atomic E-state index is -1.95. The van der Waals surface area contributed by atoms with E-state index in [1.807, 2.05) is 39.0 Å². The second-order valence-electron chi connectivity index (χ2n) is 10.3. The maximum absolute atomic E-state index is 12.8. The smallest absolute Gasteiger partial charge is 0.410 e. The van der Waals surface area contributed by atoms with Gasteiger partial charge < -0.3 is 13.9 Å². The van der Waals surface area contributed by atoms with Crippen LogP contribution in [0.4, 0.5) is 4.79 Å². The summed E-state index contributed by atoms with van der Waals surface area (Å²) in [5.41, 5.74) is -0.552. The fourth-order valence-electron chi connectivity index (χ4n) is 3.00. The first-order valence-electron chi connectivity index (χ1n) is 10.2. The van der Waals surface area contributed by atoms with Crippen LogP contribution in [0.2, 0.25) is 23.2 Å². The quantitative estimate of drug-likeness (QED) is 0.516. The summed E-state index contributed by atoms with van der Waals surface area (Å²) in [5, 5.41) is 0.666. The van der Waals surface area contributed by atoms with Gasteiger partial charge in [0.2, 0.25) is 0 Å². The zero-order chi connectivity index (χ0) is 22.0. The van der Waals surface area contributed by atoms with Crippen LogP contribution in [0, 0.1) is 0 Å². The number of rotatable bonds is 5. The van der Waals surface area contributed by atoms with Gasteiger partial charge in [-0.3, -0.25) is 4.90 Å². The van der Waals surface area contributed by atoms with Crippen molar-refractivity contribution in [2.75, 3.05) is 13.2 Å². The normalized spacial score (nSPS) is 20.7. The molecule has 0 aliphatic carbocycles. The van der Waals surface area contributed by atoms with Gasteiger partial charge in [-0.15, -0.1) is 0 Å². The Balaban J connectivity index is 2.13. The van der Waals surface area contributed by atoms with Gasteiger partial charge >= 0.3 is 6.09 Å². The van der Waals surface area contributed by atoms with Crippen molar-refractivity contribution >= 4 is 26.0 Å². The molecule has 1 aromatic rings. The van der Waals surface area contributed by atoms with Crippen molar-refractivity contribution in [3.05, 3.63) is 29.3 Å². The average Bonchev–Trinajstić information content (AvgIpc) is 2.93. The standard InChI is InChI=1S/C22H36ClNO4Si/c1-21(2,3)27-20(25)24-14-17(28-29(7,8)22(4,5)6)13-16(24)15-26-19-12-10-9-11-18(19)23/h9-12,16-17H,13-15H2,1-8H3. The number of hydrogen-bond acceptors (Lipinski definition) is 4. The lowest BCUT2D eigenvalue weighted by Crippen LogP contribution is -2.45. The average molecular weight is 442 g/mol. The molecule has 2 atom stereocenters. The van der Waals surface area contributed by atoms with Crippen LogP contribution in [0.25, 0.3) is 0 Å². The predicted molar refractivity (Wildman–Crippen MR) is 120 cm³/mol. The van der Waals surface area contributed by atoms with E-state index in [0.29, 0.717) is 23.9 Å². The van der Waals surface area contributed by atoms with Gasteiger partial charge in [0.15, 0.2) is 8.32 Å². The summed E-state index contributed by atoms with van der Waals surface area (Å²) >= 11 is 6.21. The van der Waals surface area contributed by atoms with Crippen molar-refractivity contribution in [1.29, 1.82) is 0 Å². The summed E-state index contributed by atoms with van der Waals surface area (Å²) in [7, 11) is -1.95. The van der Waals surface area contributed by atoms with Crippen LogP contribution in [0.1, 0.15) is 48.0 Å². The van der Waals surface area contributed by atoms with Crippen molar-refractivity contribution in [3.63, 3.8) is 0 Å². The Morgan fingerprint density at radius 3 is 2.34 bits per heavy atom. The molecular weight excluding hydrogens is 406 g/mol. The van der Waals surface area contributed by atoms with E-state index in [9.17, 15) is 4.79 Å². The fourth-order valence-corrected chi connectivity index (χ4v) is 4.55. The molecule has 0 saturated carbocycles. The van der Waals surface area contributed by atoms with Gasteiger partial charge in [0, 0.05) is 6.54 Å². The Bertz CT molecular complexity index is 711. The molecule has 0 aromatic heterocycles. The van der Waals surface area contributed by atoms with Crippen molar-refractivity contribution in [2.45, 2.75) is 83.8 Å². The van der Waals surface area contributed by atoms with Crippen molar-refractivity contribution in [1.82, 2.24) is 4.90 Å². The van der Waals surface area contributed by atoms with Gasteiger partial charge in [0.1, 0.15) is 18.0 Å². The lowest BCUT2D eigenvalue weighted by atomic mass is 10.2. The Labute approximate surface area is 181 Å². The number of carbonyl (C=O) groups is 1. The number of para-hydroxylation sites is 1. The number of carbonyl (C=O) groups excluding carboxylic acids is 1. The number of ether oxygens (including phenoxy) is 2. The van der Waals surface area contributed by atoms with Gasteiger partial charge in [-0.2, -0.15) is 0 Å². The van der Waals surface area contributed by atoms with E-state index in [4.69, 9.17) is 25.5 Å². The Morgan fingerprint density at radius 1 is 1.17 bits per heavy atom. The molecule has 1 saturated heterocycles. The SMILES string of the molecule is CC(C)(C)OC(=O)N1CC(O[Si](C)(C)C(C)(C)C)CC1COc1ccccc1Cl. The summed E-state index contributed by atoms with van der Waals surface area (Å²) in [6, 6.07) is 7.24. The van der Waals surface area contributed by atoms with E-state index >= 15 is 0 Å². The van der Waals surface area contributed by atoms with E-state index < -0.39 is 13.9 Å². The molecule has 29 heavy (non-hydrogen) atoms. The minimum Gasteiger partial charge on any atom is -0.490 e. The van der Waals surface area contributed by atoms with Crippen LogP contribution < -0.4 is 4.74 Å². The molecule has 164 valence electrons. The number of amides is 1. The Kier molecular flexibility index (Phi) is 7.34. The third-order valence-corrected chi connectivity index (χ3v) is 10.4. The zero-order valence-corrected chi connectivity index (χ0v) is 20.8.